The molecule has 2 aromatic rings. The van der Waals surface area contributed by atoms with E-state index in [1.165, 1.54) is 4.88 Å². The van der Waals surface area contributed by atoms with Crippen LogP contribution in [0.2, 0.25) is 0 Å². The smallest absolute Gasteiger partial charge is 0.227 e. The molecule has 0 aliphatic rings. The molecule has 2 rings (SSSR count). The summed E-state index contributed by atoms with van der Waals surface area (Å²) < 4.78 is 5.11. The summed E-state index contributed by atoms with van der Waals surface area (Å²) in [6, 6.07) is 11.9. The van der Waals surface area contributed by atoms with Gasteiger partial charge in [0.25, 0.3) is 0 Å². The van der Waals surface area contributed by atoms with E-state index in [0.29, 0.717) is 6.54 Å². The topological polar surface area (TPSA) is 64.3 Å². The van der Waals surface area contributed by atoms with Crippen LogP contribution in [0.4, 0.5) is 5.69 Å². The summed E-state index contributed by atoms with van der Waals surface area (Å²) >= 11 is 1.67. The number of hydrogen-bond donors (Lipinski definition) is 2. The van der Waals surface area contributed by atoms with Crippen molar-refractivity contribution in [2.75, 3.05) is 19.0 Å². The van der Waals surface area contributed by atoms with E-state index in [0.717, 1.165) is 11.3 Å². The summed E-state index contributed by atoms with van der Waals surface area (Å²) in [6.07, 6.45) is 0.0199. The first-order valence-electron chi connectivity index (χ1n) is 6.39. The molecule has 106 valence electrons. The molecule has 1 aromatic carbocycles. The fraction of sp³-hybridized carbons (Fsp3) is 0.267. The molecule has 5 heteroatoms. The predicted molar refractivity (Wildman–Crippen MR) is 82.9 cm³/mol. The van der Waals surface area contributed by atoms with Crippen molar-refractivity contribution in [1.29, 1.82) is 0 Å². The number of carbonyl (C=O) groups excluding carboxylic acids is 1. The molecule has 4 nitrogen and oxygen atoms in total. The van der Waals surface area contributed by atoms with Crippen LogP contribution in [-0.2, 0) is 9.53 Å². The highest BCUT2D eigenvalue weighted by molar-refractivity contribution is 7.13. The van der Waals surface area contributed by atoms with E-state index >= 15 is 0 Å². The van der Waals surface area contributed by atoms with E-state index in [2.05, 4.69) is 11.4 Å². The van der Waals surface area contributed by atoms with Crippen molar-refractivity contribution in [3.05, 3.63) is 41.8 Å². The Morgan fingerprint density at radius 3 is 2.90 bits per heavy atom. The molecular weight excluding hydrogens is 272 g/mol. The lowest BCUT2D eigenvalue weighted by atomic mass is 10.1. The molecule has 0 spiro atoms. The van der Waals surface area contributed by atoms with Gasteiger partial charge in [0, 0.05) is 24.2 Å². The summed E-state index contributed by atoms with van der Waals surface area (Å²) in [5.74, 6) is -0.0920. The van der Waals surface area contributed by atoms with Crippen molar-refractivity contribution in [3.63, 3.8) is 0 Å². The van der Waals surface area contributed by atoms with Crippen LogP contribution < -0.4 is 11.1 Å². The quantitative estimate of drug-likeness (QED) is 0.859. The number of anilines is 1. The number of carbonyl (C=O) groups is 1. The van der Waals surface area contributed by atoms with Gasteiger partial charge in [-0.2, -0.15) is 0 Å². The third kappa shape index (κ3) is 3.90. The Bertz CT molecular complexity index is 551. The van der Waals surface area contributed by atoms with Gasteiger partial charge < -0.3 is 15.8 Å². The van der Waals surface area contributed by atoms with E-state index < -0.39 is 0 Å². The highest BCUT2D eigenvalue weighted by Crippen LogP contribution is 2.26. The normalized spacial score (nSPS) is 12.1. The monoisotopic (exact) mass is 290 g/mol. The SMILES string of the molecule is COC(CN)CC(=O)Nc1cccc(-c2cccs2)c1. The maximum Gasteiger partial charge on any atom is 0.227 e. The maximum atomic E-state index is 11.9. The Kier molecular flexibility index (Phi) is 5.29. The lowest BCUT2D eigenvalue weighted by Crippen LogP contribution is -2.28. The zero-order valence-corrected chi connectivity index (χ0v) is 12.2. The van der Waals surface area contributed by atoms with Crippen molar-refractivity contribution in [1.82, 2.24) is 0 Å². The standard InChI is InChI=1S/C15H18N2O2S/c1-19-13(10-16)9-15(18)17-12-5-2-4-11(8-12)14-6-3-7-20-14/h2-8,13H,9-10,16H2,1H3,(H,17,18). The third-order valence-corrected chi connectivity index (χ3v) is 3.88. The molecule has 0 aliphatic carbocycles. The Morgan fingerprint density at radius 2 is 2.25 bits per heavy atom. The fourth-order valence-electron chi connectivity index (χ4n) is 1.87. The molecule has 0 radical (unpaired) electrons. The van der Waals surface area contributed by atoms with E-state index in [-0.39, 0.29) is 18.4 Å². The van der Waals surface area contributed by atoms with Crippen molar-refractivity contribution in [2.24, 2.45) is 5.73 Å². The Balaban J connectivity index is 2.03. The van der Waals surface area contributed by atoms with Crippen LogP contribution in [0.25, 0.3) is 10.4 Å². The summed E-state index contributed by atoms with van der Waals surface area (Å²) in [5.41, 5.74) is 7.39. The van der Waals surface area contributed by atoms with Gasteiger partial charge in [0.1, 0.15) is 0 Å². The molecular formula is C15H18N2O2S. The van der Waals surface area contributed by atoms with Gasteiger partial charge in [-0.25, -0.2) is 0 Å². The fourth-order valence-corrected chi connectivity index (χ4v) is 2.60. The van der Waals surface area contributed by atoms with Gasteiger partial charge in [-0.3, -0.25) is 4.79 Å². The minimum absolute atomic E-state index is 0.0920. The van der Waals surface area contributed by atoms with Gasteiger partial charge in [0.15, 0.2) is 0 Å². The van der Waals surface area contributed by atoms with E-state index in [9.17, 15) is 4.79 Å². The highest BCUT2D eigenvalue weighted by Gasteiger charge is 2.11. The summed E-state index contributed by atoms with van der Waals surface area (Å²) in [6.45, 7) is 0.332. The van der Waals surface area contributed by atoms with Crippen molar-refractivity contribution < 1.29 is 9.53 Å². The van der Waals surface area contributed by atoms with Gasteiger partial charge in [-0.15, -0.1) is 11.3 Å². The maximum absolute atomic E-state index is 11.9. The summed E-state index contributed by atoms with van der Waals surface area (Å²) in [5, 5.41) is 4.91. The molecule has 1 amide bonds. The lowest BCUT2D eigenvalue weighted by Gasteiger charge is -2.13. The lowest BCUT2D eigenvalue weighted by molar-refractivity contribution is -0.118. The number of amides is 1. The third-order valence-electron chi connectivity index (χ3n) is 2.96. The van der Waals surface area contributed by atoms with Gasteiger partial charge >= 0.3 is 0 Å². The second kappa shape index (κ2) is 7.19. The molecule has 0 aliphatic heterocycles. The van der Waals surface area contributed by atoms with Crippen LogP contribution in [0.1, 0.15) is 6.42 Å². The number of nitrogens with one attached hydrogen (secondary N) is 1. The first-order chi connectivity index (χ1) is 9.72. The molecule has 1 heterocycles. The van der Waals surface area contributed by atoms with E-state index in [1.54, 1.807) is 18.4 Å². The summed E-state index contributed by atoms with van der Waals surface area (Å²) in [4.78, 5) is 13.1. The van der Waals surface area contributed by atoms with Crippen LogP contribution >= 0.6 is 11.3 Å². The first-order valence-corrected chi connectivity index (χ1v) is 7.27. The van der Waals surface area contributed by atoms with E-state index in [4.69, 9.17) is 10.5 Å². The number of methoxy groups -OCH3 is 1. The number of ether oxygens (including phenoxy) is 1. The number of thiophene rings is 1. The highest BCUT2D eigenvalue weighted by atomic mass is 32.1. The largest absolute Gasteiger partial charge is 0.380 e. The van der Waals surface area contributed by atoms with Gasteiger partial charge in [-0.05, 0) is 29.1 Å². The molecule has 0 saturated carbocycles. The molecule has 1 atom stereocenters. The zero-order chi connectivity index (χ0) is 14.4. The average Bonchev–Trinajstić information content (AvgIpc) is 2.99. The Labute approximate surface area is 122 Å². The number of nitrogens with two attached hydrogens (primary N) is 1. The minimum atomic E-state index is -0.240. The molecule has 0 fully saturated rings. The molecule has 0 bridgehead atoms. The number of benzene rings is 1. The average molecular weight is 290 g/mol. The van der Waals surface area contributed by atoms with Crippen LogP contribution in [0, 0.1) is 0 Å². The second-order valence-electron chi connectivity index (χ2n) is 4.40. The molecule has 20 heavy (non-hydrogen) atoms. The van der Waals surface area contributed by atoms with Gasteiger partial charge in [-0.1, -0.05) is 18.2 Å². The van der Waals surface area contributed by atoms with Crippen molar-refractivity contribution >= 4 is 22.9 Å². The van der Waals surface area contributed by atoms with Crippen LogP contribution in [-0.4, -0.2) is 25.7 Å². The summed E-state index contributed by atoms with van der Waals surface area (Å²) in [7, 11) is 1.56. The number of hydrogen-bond acceptors (Lipinski definition) is 4. The number of rotatable bonds is 6. The van der Waals surface area contributed by atoms with Crippen LogP contribution in [0.15, 0.2) is 41.8 Å². The van der Waals surface area contributed by atoms with E-state index in [1.807, 2.05) is 35.7 Å². The van der Waals surface area contributed by atoms with Crippen molar-refractivity contribution in [2.45, 2.75) is 12.5 Å². The molecule has 1 aromatic heterocycles. The van der Waals surface area contributed by atoms with Crippen LogP contribution in [0.5, 0.6) is 0 Å². The van der Waals surface area contributed by atoms with Gasteiger partial charge in [0.05, 0.1) is 12.5 Å². The van der Waals surface area contributed by atoms with Crippen molar-refractivity contribution in [3.8, 4) is 10.4 Å². The Morgan fingerprint density at radius 1 is 1.40 bits per heavy atom. The predicted octanol–water partition coefficient (Wildman–Crippen LogP) is 2.72. The van der Waals surface area contributed by atoms with Gasteiger partial charge in [0.2, 0.25) is 5.91 Å². The minimum Gasteiger partial charge on any atom is -0.380 e. The molecule has 0 saturated heterocycles. The second-order valence-corrected chi connectivity index (χ2v) is 5.35. The molecule has 3 N–H and O–H groups in total. The Hall–Kier alpha value is -1.69. The zero-order valence-electron chi connectivity index (χ0n) is 11.3. The first kappa shape index (κ1) is 14.7. The molecule has 1 unspecified atom stereocenters. The van der Waals surface area contributed by atoms with Crippen LogP contribution in [0.3, 0.4) is 0 Å².